The van der Waals surface area contributed by atoms with Gasteiger partial charge >= 0.3 is 0 Å². The second kappa shape index (κ2) is 6.57. The van der Waals surface area contributed by atoms with E-state index in [-0.39, 0.29) is 0 Å². The summed E-state index contributed by atoms with van der Waals surface area (Å²) in [7, 11) is 0. The van der Waals surface area contributed by atoms with Gasteiger partial charge in [-0.2, -0.15) is 4.98 Å². The summed E-state index contributed by atoms with van der Waals surface area (Å²) in [5, 5.41) is 3.32. The Morgan fingerprint density at radius 1 is 1.10 bits per heavy atom. The van der Waals surface area contributed by atoms with Gasteiger partial charge in [0.05, 0.1) is 5.56 Å². The fraction of sp³-hybridized carbons (Fsp3) is 0.412. The van der Waals surface area contributed by atoms with E-state index >= 15 is 0 Å². The van der Waals surface area contributed by atoms with Gasteiger partial charge in [-0.05, 0) is 51.3 Å². The van der Waals surface area contributed by atoms with Crippen LogP contribution in [0.3, 0.4) is 0 Å². The lowest BCUT2D eigenvalue weighted by Gasteiger charge is -2.14. The van der Waals surface area contributed by atoms with Gasteiger partial charge in [-0.25, -0.2) is 4.98 Å². The summed E-state index contributed by atoms with van der Waals surface area (Å²) in [6, 6.07) is 6.17. The van der Waals surface area contributed by atoms with E-state index < -0.39 is 0 Å². The molecule has 2 rings (SSSR count). The molecular formula is C17H23N3O. The second-order valence-corrected chi connectivity index (χ2v) is 5.35. The molecule has 1 heterocycles. The number of nitrogens with zero attached hydrogens (tertiary/aromatic N) is 2. The van der Waals surface area contributed by atoms with Crippen molar-refractivity contribution in [3.8, 4) is 11.6 Å². The molecule has 0 amide bonds. The number of rotatable bonds is 5. The summed E-state index contributed by atoms with van der Waals surface area (Å²) in [5.41, 5.74) is 3.21. The van der Waals surface area contributed by atoms with E-state index in [2.05, 4.69) is 41.3 Å². The minimum atomic E-state index is 0.620. The summed E-state index contributed by atoms with van der Waals surface area (Å²) < 4.78 is 6.03. The molecule has 2 aromatic rings. The molecule has 4 nitrogen and oxygen atoms in total. The van der Waals surface area contributed by atoms with Gasteiger partial charge in [-0.15, -0.1) is 0 Å². The zero-order chi connectivity index (χ0) is 15.4. The van der Waals surface area contributed by atoms with Crippen LogP contribution in [0.15, 0.2) is 18.2 Å². The molecule has 0 unspecified atom stereocenters. The van der Waals surface area contributed by atoms with Crippen molar-refractivity contribution in [1.82, 2.24) is 9.97 Å². The standard InChI is InChI=1S/C17H23N3O/c1-6-9-18-16-13(4)17(20-14(5)19-16)21-15-10-11(2)7-8-12(15)3/h7-8,10H,6,9H2,1-5H3,(H,18,19,20). The maximum atomic E-state index is 6.03. The number of nitrogens with one attached hydrogen (secondary N) is 1. The molecule has 0 aliphatic heterocycles. The monoisotopic (exact) mass is 285 g/mol. The smallest absolute Gasteiger partial charge is 0.227 e. The quantitative estimate of drug-likeness (QED) is 0.888. The van der Waals surface area contributed by atoms with Crippen LogP contribution in [0, 0.1) is 27.7 Å². The van der Waals surface area contributed by atoms with Gasteiger partial charge in [0.2, 0.25) is 5.88 Å². The van der Waals surface area contributed by atoms with Crippen molar-refractivity contribution < 1.29 is 4.74 Å². The van der Waals surface area contributed by atoms with Crippen LogP contribution < -0.4 is 10.1 Å². The minimum Gasteiger partial charge on any atom is -0.438 e. The topological polar surface area (TPSA) is 47.0 Å². The number of aryl methyl sites for hydroxylation is 3. The van der Waals surface area contributed by atoms with Crippen LogP contribution in [-0.4, -0.2) is 16.5 Å². The van der Waals surface area contributed by atoms with E-state index in [0.717, 1.165) is 35.7 Å². The second-order valence-electron chi connectivity index (χ2n) is 5.35. The fourth-order valence-electron chi connectivity index (χ4n) is 2.04. The molecule has 0 saturated heterocycles. The van der Waals surface area contributed by atoms with Crippen molar-refractivity contribution in [2.45, 2.75) is 41.0 Å². The summed E-state index contributed by atoms with van der Waals surface area (Å²) in [6.07, 6.45) is 1.05. The Balaban J connectivity index is 2.35. The van der Waals surface area contributed by atoms with Crippen molar-refractivity contribution in [3.05, 3.63) is 40.7 Å². The van der Waals surface area contributed by atoms with Crippen molar-refractivity contribution in [1.29, 1.82) is 0 Å². The van der Waals surface area contributed by atoms with Gasteiger partial charge in [-0.3, -0.25) is 0 Å². The molecule has 0 spiro atoms. The van der Waals surface area contributed by atoms with Gasteiger partial charge in [-0.1, -0.05) is 19.1 Å². The molecule has 0 aliphatic rings. The van der Waals surface area contributed by atoms with Gasteiger partial charge in [0.15, 0.2) is 0 Å². The molecule has 0 atom stereocenters. The van der Waals surface area contributed by atoms with Crippen LogP contribution in [0.1, 0.15) is 35.9 Å². The Morgan fingerprint density at radius 2 is 1.86 bits per heavy atom. The predicted molar refractivity (Wildman–Crippen MR) is 86.3 cm³/mol. The normalized spacial score (nSPS) is 10.5. The molecule has 0 radical (unpaired) electrons. The summed E-state index contributed by atoms with van der Waals surface area (Å²) in [4.78, 5) is 8.88. The maximum absolute atomic E-state index is 6.03. The van der Waals surface area contributed by atoms with Crippen LogP contribution in [0.25, 0.3) is 0 Å². The highest BCUT2D eigenvalue weighted by molar-refractivity contribution is 5.50. The highest BCUT2D eigenvalue weighted by atomic mass is 16.5. The summed E-state index contributed by atoms with van der Waals surface area (Å²) in [6.45, 7) is 11.0. The Hall–Kier alpha value is -2.10. The molecule has 112 valence electrons. The van der Waals surface area contributed by atoms with E-state index in [1.54, 1.807) is 0 Å². The molecular weight excluding hydrogens is 262 g/mol. The lowest BCUT2D eigenvalue weighted by molar-refractivity contribution is 0.452. The van der Waals surface area contributed by atoms with E-state index in [4.69, 9.17) is 4.74 Å². The highest BCUT2D eigenvalue weighted by Gasteiger charge is 2.12. The van der Waals surface area contributed by atoms with Crippen LogP contribution in [0.2, 0.25) is 0 Å². The first kappa shape index (κ1) is 15.3. The molecule has 21 heavy (non-hydrogen) atoms. The number of anilines is 1. The average Bonchev–Trinajstić information content (AvgIpc) is 2.44. The largest absolute Gasteiger partial charge is 0.438 e. The first-order chi connectivity index (χ1) is 10.0. The third-order valence-electron chi connectivity index (χ3n) is 3.31. The molecule has 0 aliphatic carbocycles. The lowest BCUT2D eigenvalue weighted by atomic mass is 10.1. The molecule has 1 N–H and O–H groups in total. The van der Waals surface area contributed by atoms with E-state index in [0.29, 0.717) is 11.7 Å². The zero-order valence-electron chi connectivity index (χ0n) is 13.4. The van der Waals surface area contributed by atoms with Gasteiger partial charge < -0.3 is 10.1 Å². The van der Waals surface area contributed by atoms with Crippen LogP contribution in [0.4, 0.5) is 5.82 Å². The number of benzene rings is 1. The first-order valence-corrected chi connectivity index (χ1v) is 7.35. The van der Waals surface area contributed by atoms with Crippen molar-refractivity contribution in [3.63, 3.8) is 0 Å². The Labute approximate surface area is 126 Å². The van der Waals surface area contributed by atoms with Crippen LogP contribution >= 0.6 is 0 Å². The molecule has 1 aromatic carbocycles. The Kier molecular flexibility index (Phi) is 4.78. The molecule has 0 bridgehead atoms. The number of hydrogen-bond acceptors (Lipinski definition) is 4. The van der Waals surface area contributed by atoms with Crippen molar-refractivity contribution in [2.75, 3.05) is 11.9 Å². The minimum absolute atomic E-state index is 0.620. The van der Waals surface area contributed by atoms with Gasteiger partial charge in [0.1, 0.15) is 17.4 Å². The Morgan fingerprint density at radius 3 is 2.57 bits per heavy atom. The van der Waals surface area contributed by atoms with Gasteiger partial charge in [0, 0.05) is 6.54 Å². The Bertz CT molecular complexity index is 638. The SMILES string of the molecule is CCCNc1nc(C)nc(Oc2cc(C)ccc2C)c1C. The summed E-state index contributed by atoms with van der Waals surface area (Å²) in [5.74, 6) is 3.02. The zero-order valence-corrected chi connectivity index (χ0v) is 13.4. The average molecular weight is 285 g/mol. The first-order valence-electron chi connectivity index (χ1n) is 7.35. The lowest BCUT2D eigenvalue weighted by Crippen LogP contribution is -2.07. The highest BCUT2D eigenvalue weighted by Crippen LogP contribution is 2.29. The van der Waals surface area contributed by atoms with Gasteiger partial charge in [0.25, 0.3) is 0 Å². The van der Waals surface area contributed by atoms with Crippen LogP contribution in [0.5, 0.6) is 11.6 Å². The maximum Gasteiger partial charge on any atom is 0.227 e. The number of hydrogen-bond donors (Lipinski definition) is 1. The van der Waals surface area contributed by atoms with Crippen molar-refractivity contribution >= 4 is 5.82 Å². The van der Waals surface area contributed by atoms with E-state index in [1.165, 1.54) is 5.56 Å². The third-order valence-corrected chi connectivity index (χ3v) is 3.31. The molecule has 0 saturated carbocycles. The fourth-order valence-corrected chi connectivity index (χ4v) is 2.04. The van der Waals surface area contributed by atoms with E-state index in [9.17, 15) is 0 Å². The molecule has 0 fully saturated rings. The number of ether oxygens (including phenoxy) is 1. The number of aromatic nitrogens is 2. The van der Waals surface area contributed by atoms with Crippen LogP contribution in [-0.2, 0) is 0 Å². The molecule has 4 heteroatoms. The summed E-state index contributed by atoms with van der Waals surface area (Å²) >= 11 is 0. The van der Waals surface area contributed by atoms with E-state index in [1.807, 2.05) is 26.8 Å². The van der Waals surface area contributed by atoms with Crippen molar-refractivity contribution in [2.24, 2.45) is 0 Å². The predicted octanol–water partition coefficient (Wildman–Crippen LogP) is 4.32. The molecule has 1 aromatic heterocycles. The third kappa shape index (κ3) is 3.72.